The minimum Gasteiger partial charge on any atom is -0.316 e. The maximum atomic E-state index is 3.54. The third-order valence-corrected chi connectivity index (χ3v) is 6.64. The van der Waals surface area contributed by atoms with Crippen molar-refractivity contribution < 1.29 is 0 Å². The first-order valence-corrected chi connectivity index (χ1v) is 8.91. The zero-order valence-electron chi connectivity index (χ0n) is 10.7. The van der Waals surface area contributed by atoms with Crippen molar-refractivity contribution in [2.75, 3.05) is 7.05 Å². The van der Waals surface area contributed by atoms with Gasteiger partial charge in [0.1, 0.15) is 0 Å². The molecule has 1 nitrogen and oxygen atoms in total. The normalized spacial score (nSPS) is 19.4. The van der Waals surface area contributed by atoms with Crippen LogP contribution in [0.25, 0.3) is 0 Å². The average Bonchev–Trinajstić information content (AvgIpc) is 3.01. The predicted octanol–water partition coefficient (Wildman–Crippen LogP) is 4.36. The van der Waals surface area contributed by atoms with Crippen LogP contribution >= 0.6 is 39.0 Å². The van der Waals surface area contributed by atoms with Crippen LogP contribution in [0.1, 0.15) is 10.4 Å². The van der Waals surface area contributed by atoms with E-state index >= 15 is 0 Å². The lowest BCUT2D eigenvalue weighted by Gasteiger charge is -2.21. The highest BCUT2D eigenvalue weighted by atomic mass is 79.9. The highest BCUT2D eigenvalue weighted by Gasteiger charge is 2.28. The van der Waals surface area contributed by atoms with Crippen LogP contribution in [0.3, 0.4) is 0 Å². The van der Waals surface area contributed by atoms with Crippen LogP contribution in [0, 0.1) is 0 Å². The van der Waals surface area contributed by atoms with E-state index in [1.165, 1.54) is 25.5 Å². The van der Waals surface area contributed by atoms with Crippen molar-refractivity contribution in [3.63, 3.8) is 0 Å². The maximum absolute atomic E-state index is 3.54. The van der Waals surface area contributed by atoms with Crippen molar-refractivity contribution in [2.45, 2.75) is 29.0 Å². The van der Waals surface area contributed by atoms with E-state index in [1.54, 1.807) is 0 Å². The third kappa shape index (κ3) is 3.07. The predicted molar refractivity (Wildman–Crippen MR) is 88.4 cm³/mol. The number of thiophene rings is 1. The van der Waals surface area contributed by atoms with E-state index in [4.69, 9.17) is 0 Å². The van der Waals surface area contributed by atoms with Gasteiger partial charge in [-0.05, 0) is 59.6 Å². The number of halogens is 1. The second-order valence-corrected chi connectivity index (χ2v) is 8.60. The molecule has 0 bridgehead atoms. The molecule has 4 heteroatoms. The molecule has 0 spiro atoms. The molecule has 0 radical (unpaired) electrons. The summed E-state index contributed by atoms with van der Waals surface area (Å²) in [4.78, 5) is 2.91. The first-order chi connectivity index (χ1) is 9.26. The van der Waals surface area contributed by atoms with E-state index in [1.807, 2.05) is 23.1 Å². The number of fused-ring (bicyclic) bond motifs is 1. The number of hydrogen-bond donors (Lipinski definition) is 1. The minimum atomic E-state index is 0.531. The first-order valence-electron chi connectivity index (χ1n) is 6.42. The van der Waals surface area contributed by atoms with Gasteiger partial charge >= 0.3 is 0 Å². The van der Waals surface area contributed by atoms with Crippen LogP contribution < -0.4 is 5.32 Å². The largest absolute Gasteiger partial charge is 0.316 e. The SMILES string of the molecule is CNC(Cc1ccc(Br)s1)C1Cc2ccccc2S1. The molecule has 0 amide bonds. The van der Waals surface area contributed by atoms with Gasteiger partial charge in [-0.25, -0.2) is 0 Å². The van der Waals surface area contributed by atoms with Gasteiger partial charge in [0, 0.05) is 21.1 Å². The summed E-state index contributed by atoms with van der Waals surface area (Å²) in [7, 11) is 2.08. The lowest BCUT2D eigenvalue weighted by atomic mass is 10.0. The van der Waals surface area contributed by atoms with Crippen molar-refractivity contribution in [2.24, 2.45) is 0 Å². The van der Waals surface area contributed by atoms with Crippen LogP contribution in [-0.4, -0.2) is 18.3 Å². The summed E-state index contributed by atoms with van der Waals surface area (Å²) in [5, 5.41) is 4.15. The van der Waals surface area contributed by atoms with Gasteiger partial charge in [-0.3, -0.25) is 0 Å². The molecule has 100 valence electrons. The van der Waals surface area contributed by atoms with Crippen LogP contribution in [0.2, 0.25) is 0 Å². The number of thioether (sulfide) groups is 1. The highest BCUT2D eigenvalue weighted by Crippen LogP contribution is 2.39. The Hall–Kier alpha value is -0.290. The molecule has 0 saturated heterocycles. The zero-order valence-corrected chi connectivity index (χ0v) is 13.9. The van der Waals surface area contributed by atoms with Gasteiger partial charge in [0.2, 0.25) is 0 Å². The summed E-state index contributed by atoms with van der Waals surface area (Å²) in [6, 6.07) is 13.7. The lowest BCUT2D eigenvalue weighted by Crippen LogP contribution is -2.37. The Kier molecular flexibility index (Phi) is 4.32. The standard InChI is InChI=1S/C15H16BrNS2/c1-17-12(9-11-6-7-15(16)18-11)14-8-10-4-2-3-5-13(10)19-14/h2-7,12,14,17H,8-9H2,1H3. The van der Waals surface area contributed by atoms with E-state index in [0.29, 0.717) is 11.3 Å². The van der Waals surface area contributed by atoms with Gasteiger partial charge in [-0.1, -0.05) is 18.2 Å². The number of hydrogen-bond acceptors (Lipinski definition) is 3. The lowest BCUT2D eigenvalue weighted by molar-refractivity contribution is 0.540. The monoisotopic (exact) mass is 353 g/mol. The van der Waals surface area contributed by atoms with Crippen LogP contribution in [0.4, 0.5) is 0 Å². The Morgan fingerprint density at radius 2 is 2.16 bits per heavy atom. The smallest absolute Gasteiger partial charge is 0.0701 e. The fourth-order valence-electron chi connectivity index (χ4n) is 2.53. The van der Waals surface area contributed by atoms with E-state index in [9.17, 15) is 0 Å². The van der Waals surface area contributed by atoms with Gasteiger partial charge in [-0.2, -0.15) is 0 Å². The maximum Gasteiger partial charge on any atom is 0.0701 e. The molecule has 0 fully saturated rings. The van der Waals surface area contributed by atoms with E-state index < -0.39 is 0 Å². The molecule has 2 aromatic rings. The number of rotatable bonds is 4. The first kappa shape index (κ1) is 13.7. The summed E-state index contributed by atoms with van der Waals surface area (Å²) in [5.74, 6) is 0. The Balaban J connectivity index is 1.71. The van der Waals surface area contributed by atoms with Crippen LogP contribution in [0.5, 0.6) is 0 Å². The molecular formula is C15H16BrNS2. The number of nitrogens with one attached hydrogen (secondary N) is 1. The third-order valence-electron chi connectivity index (χ3n) is 3.54. The summed E-state index contributed by atoms with van der Waals surface area (Å²) in [5.41, 5.74) is 1.50. The molecule has 19 heavy (non-hydrogen) atoms. The van der Waals surface area contributed by atoms with Crippen molar-refractivity contribution in [1.29, 1.82) is 0 Å². The van der Waals surface area contributed by atoms with Crippen molar-refractivity contribution >= 4 is 39.0 Å². The Morgan fingerprint density at radius 3 is 2.84 bits per heavy atom. The summed E-state index contributed by atoms with van der Waals surface area (Å²) in [6.07, 6.45) is 2.29. The number of benzene rings is 1. The zero-order chi connectivity index (χ0) is 13.2. The fourth-order valence-corrected chi connectivity index (χ4v) is 5.52. The van der Waals surface area contributed by atoms with E-state index in [-0.39, 0.29) is 0 Å². The van der Waals surface area contributed by atoms with Gasteiger partial charge in [0.05, 0.1) is 3.79 Å². The van der Waals surface area contributed by atoms with Crippen LogP contribution in [0.15, 0.2) is 45.1 Å². The fraction of sp³-hybridized carbons (Fsp3) is 0.333. The molecule has 0 saturated carbocycles. The number of likely N-dealkylation sites (N-methyl/N-ethyl adjacent to an activating group) is 1. The molecule has 3 rings (SSSR count). The Labute approximate surface area is 130 Å². The Morgan fingerprint density at radius 1 is 1.32 bits per heavy atom. The van der Waals surface area contributed by atoms with Gasteiger partial charge < -0.3 is 5.32 Å². The second-order valence-electron chi connectivity index (χ2n) is 4.77. The summed E-state index contributed by atoms with van der Waals surface area (Å²) < 4.78 is 1.22. The molecule has 1 aliphatic rings. The van der Waals surface area contributed by atoms with Crippen molar-refractivity contribution in [3.8, 4) is 0 Å². The minimum absolute atomic E-state index is 0.531. The van der Waals surface area contributed by atoms with Gasteiger partial charge in [0.15, 0.2) is 0 Å². The van der Waals surface area contributed by atoms with Gasteiger partial charge in [0.25, 0.3) is 0 Å². The molecule has 2 atom stereocenters. The Bertz CT molecular complexity index is 542. The van der Waals surface area contributed by atoms with E-state index in [2.05, 4.69) is 64.7 Å². The average molecular weight is 354 g/mol. The molecule has 1 N–H and O–H groups in total. The summed E-state index contributed by atoms with van der Waals surface area (Å²) >= 11 is 7.41. The molecule has 2 heterocycles. The highest BCUT2D eigenvalue weighted by molar-refractivity contribution is 9.11. The van der Waals surface area contributed by atoms with Gasteiger partial charge in [-0.15, -0.1) is 23.1 Å². The summed E-state index contributed by atoms with van der Waals surface area (Å²) in [6.45, 7) is 0. The topological polar surface area (TPSA) is 12.0 Å². The second kappa shape index (κ2) is 6.00. The quantitative estimate of drug-likeness (QED) is 0.876. The molecular weight excluding hydrogens is 338 g/mol. The van der Waals surface area contributed by atoms with E-state index in [0.717, 1.165) is 6.42 Å². The molecule has 1 aromatic heterocycles. The van der Waals surface area contributed by atoms with Crippen molar-refractivity contribution in [1.82, 2.24) is 5.32 Å². The molecule has 2 unspecified atom stereocenters. The van der Waals surface area contributed by atoms with Crippen LogP contribution in [-0.2, 0) is 12.8 Å². The molecule has 0 aliphatic carbocycles. The van der Waals surface area contributed by atoms with Crippen molar-refractivity contribution in [3.05, 3.63) is 50.6 Å². The molecule has 1 aromatic carbocycles. The molecule has 1 aliphatic heterocycles.